The van der Waals surface area contributed by atoms with E-state index in [1.165, 1.54) is 4.90 Å². The predicted molar refractivity (Wildman–Crippen MR) is 95.8 cm³/mol. The fraction of sp³-hybridized carbons (Fsp3) is 0.667. The average molecular weight is 378 g/mol. The summed E-state index contributed by atoms with van der Waals surface area (Å²) in [5.41, 5.74) is 0.788. The molecule has 0 aromatic rings. The molecule has 0 aromatic heterocycles. The number of nitrogens with zero attached hydrogens (tertiary/aromatic N) is 2. The maximum atomic E-state index is 12.3. The third-order valence-electron chi connectivity index (χ3n) is 5.80. The number of carbonyl (C=O) groups is 3. The number of nitrogens with one attached hydrogen (secondary N) is 2. The number of carboxylic acid groups (broad SMARTS) is 1. The summed E-state index contributed by atoms with van der Waals surface area (Å²) in [6, 6.07) is -0.282. The molecule has 27 heavy (non-hydrogen) atoms. The number of hydrogen-bond donors (Lipinski definition) is 4. The highest BCUT2D eigenvalue weighted by Gasteiger charge is 2.57. The number of amidine groups is 1. The van der Waals surface area contributed by atoms with Gasteiger partial charge in [0.1, 0.15) is 11.5 Å². The summed E-state index contributed by atoms with van der Waals surface area (Å²) in [5, 5.41) is 30.3. The quantitative estimate of drug-likeness (QED) is 0.286. The first-order chi connectivity index (χ1) is 12.8. The Morgan fingerprint density at radius 1 is 1.41 bits per heavy atom. The Morgan fingerprint density at radius 3 is 2.70 bits per heavy atom. The van der Waals surface area contributed by atoms with Gasteiger partial charge in [-0.2, -0.15) is 0 Å². The summed E-state index contributed by atoms with van der Waals surface area (Å²) in [5.74, 6) is -1.85. The van der Waals surface area contributed by atoms with Crippen LogP contribution >= 0.6 is 0 Å². The van der Waals surface area contributed by atoms with Gasteiger partial charge < -0.3 is 25.3 Å². The first kappa shape index (κ1) is 19.3. The van der Waals surface area contributed by atoms with Crippen molar-refractivity contribution in [3.05, 3.63) is 11.3 Å². The predicted octanol–water partition coefficient (Wildman–Crippen LogP) is -0.238. The van der Waals surface area contributed by atoms with Crippen LogP contribution in [-0.4, -0.2) is 75.4 Å². The van der Waals surface area contributed by atoms with Crippen molar-refractivity contribution in [3.8, 4) is 0 Å². The molecule has 0 unspecified atom stereocenters. The van der Waals surface area contributed by atoms with Crippen LogP contribution in [-0.2, 0) is 14.4 Å². The highest BCUT2D eigenvalue weighted by Crippen LogP contribution is 2.47. The van der Waals surface area contributed by atoms with Gasteiger partial charge in [-0.3, -0.25) is 15.0 Å². The fourth-order valence-electron chi connectivity index (χ4n) is 4.38. The van der Waals surface area contributed by atoms with E-state index < -0.39 is 18.0 Å². The molecular weight excluding hydrogens is 352 g/mol. The van der Waals surface area contributed by atoms with Gasteiger partial charge in [0.25, 0.3) is 0 Å². The van der Waals surface area contributed by atoms with Crippen LogP contribution in [0, 0.1) is 17.2 Å². The normalized spacial score (nSPS) is 28.1. The summed E-state index contributed by atoms with van der Waals surface area (Å²) in [4.78, 5) is 38.6. The summed E-state index contributed by atoms with van der Waals surface area (Å²) < 4.78 is 0. The van der Waals surface area contributed by atoms with Gasteiger partial charge in [0.15, 0.2) is 0 Å². The van der Waals surface area contributed by atoms with E-state index in [1.807, 2.05) is 4.90 Å². The molecule has 0 radical (unpaired) electrons. The molecule has 2 fully saturated rings. The van der Waals surface area contributed by atoms with Crippen molar-refractivity contribution in [2.75, 3.05) is 19.6 Å². The standard InChI is InChI=1S/C18H26N4O5/c1-3-14(24)20-7-13(19)21-5-4-10(8-21)11-6-12-15(9(2)23)17(25)22(12)16(11)18(26)27/h9-10,12,15,19,23H,3-8H2,1-2H3,(H,20,24)(H,26,27)/t9-,10-,12-,15-/m1/s1. The lowest BCUT2D eigenvalue weighted by molar-refractivity contribution is -0.161. The Morgan fingerprint density at radius 2 is 2.11 bits per heavy atom. The molecule has 4 atom stereocenters. The van der Waals surface area contributed by atoms with E-state index in [2.05, 4.69) is 5.32 Å². The Labute approximate surface area is 157 Å². The zero-order chi connectivity index (χ0) is 19.9. The van der Waals surface area contributed by atoms with Gasteiger partial charge in [0.05, 0.1) is 24.6 Å². The number of hydrogen-bond acceptors (Lipinski definition) is 5. The van der Waals surface area contributed by atoms with Crippen molar-refractivity contribution in [1.29, 1.82) is 5.41 Å². The lowest BCUT2D eigenvalue weighted by atomic mass is 9.82. The molecule has 9 nitrogen and oxygen atoms in total. The van der Waals surface area contributed by atoms with Crippen molar-refractivity contribution < 1.29 is 24.6 Å². The maximum Gasteiger partial charge on any atom is 0.352 e. The number of fused-ring (bicyclic) bond motifs is 1. The van der Waals surface area contributed by atoms with Crippen LogP contribution in [0.15, 0.2) is 11.3 Å². The molecule has 4 N–H and O–H groups in total. The van der Waals surface area contributed by atoms with E-state index >= 15 is 0 Å². The van der Waals surface area contributed by atoms with Crippen LogP contribution in [0.25, 0.3) is 0 Å². The second-order valence-corrected chi connectivity index (χ2v) is 7.43. The molecule has 0 aromatic carbocycles. The lowest BCUT2D eigenvalue weighted by Gasteiger charge is -2.44. The molecular formula is C18H26N4O5. The van der Waals surface area contributed by atoms with Gasteiger partial charge in [0.2, 0.25) is 11.8 Å². The summed E-state index contributed by atoms with van der Waals surface area (Å²) in [6.45, 7) is 4.57. The second kappa shape index (κ2) is 7.30. The fourth-order valence-corrected chi connectivity index (χ4v) is 4.38. The smallest absolute Gasteiger partial charge is 0.352 e. The monoisotopic (exact) mass is 378 g/mol. The minimum absolute atomic E-state index is 0.0497. The van der Waals surface area contributed by atoms with Crippen LogP contribution in [0.2, 0.25) is 0 Å². The number of carbonyl (C=O) groups excluding carboxylic acids is 2. The number of aliphatic carboxylic acids is 1. The van der Waals surface area contributed by atoms with Gasteiger partial charge >= 0.3 is 5.97 Å². The Bertz CT molecular complexity index is 717. The van der Waals surface area contributed by atoms with Gasteiger partial charge in [-0.05, 0) is 25.3 Å². The minimum atomic E-state index is -1.12. The molecule has 0 bridgehead atoms. The van der Waals surface area contributed by atoms with E-state index in [4.69, 9.17) is 5.41 Å². The second-order valence-electron chi connectivity index (χ2n) is 7.43. The van der Waals surface area contributed by atoms with Crippen LogP contribution < -0.4 is 5.32 Å². The molecule has 3 rings (SSSR count). The number of likely N-dealkylation sites (tertiary alicyclic amines) is 1. The Kier molecular flexibility index (Phi) is 5.23. The van der Waals surface area contributed by atoms with Gasteiger partial charge in [-0.15, -0.1) is 0 Å². The van der Waals surface area contributed by atoms with E-state index in [0.29, 0.717) is 38.2 Å². The molecule has 2 saturated heterocycles. The maximum absolute atomic E-state index is 12.3. The van der Waals surface area contributed by atoms with E-state index in [9.17, 15) is 24.6 Å². The number of β-lactam (4-membered cyclic amide) rings is 1. The molecule has 148 valence electrons. The lowest BCUT2D eigenvalue weighted by Crippen LogP contribution is -2.61. The largest absolute Gasteiger partial charge is 0.477 e. The number of amides is 2. The van der Waals surface area contributed by atoms with Crippen molar-refractivity contribution in [3.63, 3.8) is 0 Å². The number of aliphatic hydroxyl groups excluding tert-OH is 1. The topological polar surface area (TPSA) is 134 Å². The zero-order valence-electron chi connectivity index (χ0n) is 15.6. The van der Waals surface area contributed by atoms with Gasteiger partial charge in [0, 0.05) is 25.4 Å². The number of aliphatic hydroxyl groups is 1. The molecule has 0 aliphatic carbocycles. The Hall–Kier alpha value is -2.42. The third-order valence-corrected chi connectivity index (χ3v) is 5.80. The number of carboxylic acids is 1. The molecule has 0 saturated carbocycles. The summed E-state index contributed by atoms with van der Waals surface area (Å²) >= 11 is 0. The molecule has 2 amide bonds. The first-order valence-corrected chi connectivity index (χ1v) is 9.32. The highest BCUT2D eigenvalue weighted by molar-refractivity contribution is 5.99. The van der Waals surface area contributed by atoms with Gasteiger partial charge in [-0.1, -0.05) is 6.92 Å². The van der Waals surface area contributed by atoms with E-state index in [0.717, 1.165) is 5.57 Å². The number of rotatable bonds is 6. The van der Waals surface area contributed by atoms with Crippen LogP contribution in [0.1, 0.15) is 33.1 Å². The molecule has 3 aliphatic rings. The molecule has 3 heterocycles. The Balaban J connectivity index is 1.70. The van der Waals surface area contributed by atoms with Gasteiger partial charge in [-0.25, -0.2) is 4.79 Å². The van der Waals surface area contributed by atoms with Crippen molar-refractivity contribution in [2.45, 2.75) is 45.3 Å². The van der Waals surface area contributed by atoms with Crippen molar-refractivity contribution in [1.82, 2.24) is 15.1 Å². The average Bonchev–Trinajstić information content (AvgIpc) is 3.21. The highest BCUT2D eigenvalue weighted by atomic mass is 16.4. The van der Waals surface area contributed by atoms with Crippen LogP contribution in [0.5, 0.6) is 0 Å². The molecule has 3 aliphatic heterocycles. The van der Waals surface area contributed by atoms with Crippen LogP contribution in [0.3, 0.4) is 0 Å². The van der Waals surface area contributed by atoms with Crippen molar-refractivity contribution in [2.24, 2.45) is 11.8 Å². The van der Waals surface area contributed by atoms with Crippen molar-refractivity contribution >= 4 is 23.6 Å². The van der Waals surface area contributed by atoms with E-state index in [-0.39, 0.29) is 36.0 Å². The summed E-state index contributed by atoms with van der Waals surface area (Å²) in [6.07, 6.45) is 0.718. The third kappa shape index (κ3) is 3.31. The molecule has 0 spiro atoms. The zero-order valence-corrected chi connectivity index (χ0v) is 15.6. The van der Waals surface area contributed by atoms with Crippen LogP contribution in [0.4, 0.5) is 0 Å². The first-order valence-electron chi connectivity index (χ1n) is 9.32. The SMILES string of the molecule is CCC(=O)NCC(=N)N1CC[C@@H](C2=C(C(=O)O)N3C(=O)[C@H]([C@@H](C)O)[C@H]3C2)C1. The van der Waals surface area contributed by atoms with E-state index in [1.54, 1.807) is 13.8 Å². The molecule has 9 heteroatoms. The minimum Gasteiger partial charge on any atom is -0.477 e. The summed E-state index contributed by atoms with van der Waals surface area (Å²) in [7, 11) is 0.